The van der Waals surface area contributed by atoms with Crippen LogP contribution in [0.5, 0.6) is 0 Å². The zero-order valence-corrected chi connectivity index (χ0v) is 13.6. The molecule has 1 aliphatic heterocycles. The first-order valence-corrected chi connectivity index (χ1v) is 8.28. The van der Waals surface area contributed by atoms with Crippen molar-refractivity contribution in [1.29, 1.82) is 0 Å². The number of hydrogen-bond donors (Lipinski definition) is 1. The van der Waals surface area contributed by atoms with Gasteiger partial charge in [0.2, 0.25) is 0 Å². The third-order valence-corrected chi connectivity index (χ3v) is 4.19. The molecule has 0 aliphatic carbocycles. The number of aromatic nitrogens is 1. The van der Waals surface area contributed by atoms with Crippen LogP contribution in [0, 0.1) is 0 Å². The van der Waals surface area contributed by atoms with E-state index in [4.69, 9.17) is 4.74 Å². The number of nitrogens with zero attached hydrogens (tertiary/aromatic N) is 2. The smallest absolute Gasteiger partial charge is 0.0750 e. The van der Waals surface area contributed by atoms with Crippen molar-refractivity contribution >= 4 is 5.69 Å². The molecule has 2 rings (SSSR count). The Morgan fingerprint density at radius 3 is 2.90 bits per heavy atom. The molecule has 2 unspecified atom stereocenters. The average Bonchev–Trinajstić information content (AvgIpc) is 2.55. The van der Waals surface area contributed by atoms with Gasteiger partial charge in [0.1, 0.15) is 0 Å². The van der Waals surface area contributed by atoms with Crippen LogP contribution in [0.4, 0.5) is 5.69 Å². The molecule has 1 saturated heterocycles. The summed E-state index contributed by atoms with van der Waals surface area (Å²) in [5.41, 5.74) is 2.34. The van der Waals surface area contributed by atoms with E-state index < -0.39 is 0 Å². The Balaban J connectivity index is 1.97. The molecule has 118 valence electrons. The lowest BCUT2D eigenvalue weighted by atomic mass is 10.1. The van der Waals surface area contributed by atoms with Gasteiger partial charge in [0.15, 0.2) is 0 Å². The first kappa shape index (κ1) is 16.2. The second-order valence-electron chi connectivity index (χ2n) is 5.77. The summed E-state index contributed by atoms with van der Waals surface area (Å²) in [4.78, 5) is 7.04. The minimum absolute atomic E-state index is 0.348. The molecule has 1 aromatic rings. The second kappa shape index (κ2) is 8.35. The zero-order valence-electron chi connectivity index (χ0n) is 13.6. The van der Waals surface area contributed by atoms with Crippen molar-refractivity contribution in [3.8, 4) is 0 Å². The summed E-state index contributed by atoms with van der Waals surface area (Å²) in [6, 6.07) is 4.70. The molecule has 4 heteroatoms. The number of anilines is 1. The van der Waals surface area contributed by atoms with E-state index in [1.54, 1.807) is 0 Å². The number of rotatable bonds is 7. The van der Waals surface area contributed by atoms with Gasteiger partial charge in [-0.05, 0) is 44.9 Å². The molecule has 1 fully saturated rings. The van der Waals surface area contributed by atoms with Gasteiger partial charge in [-0.15, -0.1) is 0 Å². The van der Waals surface area contributed by atoms with Crippen LogP contribution in [-0.4, -0.2) is 37.8 Å². The molecule has 0 radical (unpaired) electrons. The van der Waals surface area contributed by atoms with Gasteiger partial charge in [-0.25, -0.2) is 0 Å². The van der Waals surface area contributed by atoms with Gasteiger partial charge in [-0.3, -0.25) is 4.98 Å². The van der Waals surface area contributed by atoms with Gasteiger partial charge in [-0.2, -0.15) is 0 Å². The van der Waals surface area contributed by atoms with Gasteiger partial charge >= 0.3 is 0 Å². The standard InChI is InChI=1S/C17H29N3O/c1-4-11-21-15-7-6-10-20(13-15)14-8-9-17(19-12-14)16(5-2)18-3/h8-9,12,15-16,18H,4-7,10-11,13H2,1-3H3. The Morgan fingerprint density at radius 1 is 1.43 bits per heavy atom. The molecule has 0 saturated carbocycles. The summed E-state index contributed by atoms with van der Waals surface area (Å²) in [5.74, 6) is 0. The van der Waals surface area contributed by atoms with Crippen LogP contribution < -0.4 is 10.2 Å². The van der Waals surface area contributed by atoms with E-state index in [2.05, 4.69) is 41.2 Å². The Morgan fingerprint density at radius 2 is 2.29 bits per heavy atom. The third kappa shape index (κ3) is 4.42. The molecule has 0 amide bonds. The highest BCUT2D eigenvalue weighted by atomic mass is 16.5. The molecule has 0 bridgehead atoms. The first-order valence-electron chi connectivity index (χ1n) is 8.28. The lowest BCUT2D eigenvalue weighted by Gasteiger charge is -2.34. The highest BCUT2D eigenvalue weighted by Gasteiger charge is 2.21. The maximum Gasteiger partial charge on any atom is 0.0750 e. The van der Waals surface area contributed by atoms with Crippen molar-refractivity contribution in [1.82, 2.24) is 10.3 Å². The number of hydrogen-bond acceptors (Lipinski definition) is 4. The van der Waals surface area contributed by atoms with Gasteiger partial charge in [-0.1, -0.05) is 13.8 Å². The predicted octanol–water partition coefficient (Wildman–Crippen LogP) is 3.15. The zero-order chi connectivity index (χ0) is 15.1. The fourth-order valence-electron chi connectivity index (χ4n) is 2.95. The van der Waals surface area contributed by atoms with E-state index in [1.807, 2.05) is 13.2 Å². The molecule has 1 aromatic heterocycles. The Kier molecular flexibility index (Phi) is 6.46. The predicted molar refractivity (Wildman–Crippen MR) is 87.8 cm³/mol. The Labute approximate surface area is 128 Å². The molecule has 0 spiro atoms. The van der Waals surface area contributed by atoms with Crippen LogP contribution >= 0.6 is 0 Å². The fraction of sp³-hybridized carbons (Fsp3) is 0.706. The Bertz CT molecular complexity index is 403. The highest BCUT2D eigenvalue weighted by Crippen LogP contribution is 2.22. The van der Waals surface area contributed by atoms with Crippen LogP contribution in [0.2, 0.25) is 0 Å². The number of ether oxygens (including phenoxy) is 1. The van der Waals surface area contributed by atoms with Crippen LogP contribution in [-0.2, 0) is 4.74 Å². The number of piperidine rings is 1. The molecule has 4 nitrogen and oxygen atoms in total. The molecule has 0 aromatic carbocycles. The lowest BCUT2D eigenvalue weighted by molar-refractivity contribution is 0.0440. The van der Waals surface area contributed by atoms with Crippen LogP contribution in [0.1, 0.15) is 51.3 Å². The molecule has 1 aliphatic rings. The van der Waals surface area contributed by atoms with Crippen molar-refractivity contribution in [2.75, 3.05) is 31.6 Å². The van der Waals surface area contributed by atoms with Gasteiger partial charge < -0.3 is 15.0 Å². The SMILES string of the molecule is CCCOC1CCCN(c2ccc(C(CC)NC)nc2)C1. The minimum atomic E-state index is 0.348. The topological polar surface area (TPSA) is 37.4 Å². The summed E-state index contributed by atoms with van der Waals surface area (Å²) >= 11 is 0. The highest BCUT2D eigenvalue weighted by molar-refractivity contribution is 5.45. The van der Waals surface area contributed by atoms with Crippen molar-refractivity contribution < 1.29 is 4.74 Å². The molecular formula is C17H29N3O. The van der Waals surface area contributed by atoms with E-state index in [0.29, 0.717) is 12.1 Å². The van der Waals surface area contributed by atoms with E-state index in [0.717, 1.165) is 38.2 Å². The maximum atomic E-state index is 5.91. The largest absolute Gasteiger partial charge is 0.376 e. The van der Waals surface area contributed by atoms with E-state index >= 15 is 0 Å². The van der Waals surface area contributed by atoms with E-state index in [9.17, 15) is 0 Å². The monoisotopic (exact) mass is 291 g/mol. The maximum absolute atomic E-state index is 5.91. The van der Waals surface area contributed by atoms with Crippen LogP contribution in [0.25, 0.3) is 0 Å². The third-order valence-electron chi connectivity index (χ3n) is 4.19. The first-order chi connectivity index (χ1) is 10.3. The summed E-state index contributed by atoms with van der Waals surface area (Å²) in [6.07, 6.45) is 6.91. The minimum Gasteiger partial charge on any atom is -0.376 e. The van der Waals surface area contributed by atoms with Gasteiger partial charge in [0.05, 0.1) is 23.7 Å². The quantitative estimate of drug-likeness (QED) is 0.837. The lowest BCUT2D eigenvalue weighted by Crippen LogP contribution is -2.39. The second-order valence-corrected chi connectivity index (χ2v) is 5.77. The van der Waals surface area contributed by atoms with Crippen molar-refractivity contribution in [2.24, 2.45) is 0 Å². The van der Waals surface area contributed by atoms with Crippen molar-refractivity contribution in [2.45, 2.75) is 51.7 Å². The fourth-order valence-corrected chi connectivity index (χ4v) is 2.95. The van der Waals surface area contributed by atoms with E-state index in [-0.39, 0.29) is 0 Å². The number of nitrogens with one attached hydrogen (secondary N) is 1. The molecular weight excluding hydrogens is 262 g/mol. The normalized spacial score (nSPS) is 20.5. The van der Waals surface area contributed by atoms with Gasteiger partial charge in [0, 0.05) is 25.7 Å². The molecule has 2 heterocycles. The summed E-state index contributed by atoms with van der Waals surface area (Å²) in [5, 5.41) is 3.30. The van der Waals surface area contributed by atoms with Crippen molar-refractivity contribution in [3.63, 3.8) is 0 Å². The van der Waals surface area contributed by atoms with E-state index in [1.165, 1.54) is 18.5 Å². The van der Waals surface area contributed by atoms with Crippen LogP contribution in [0.15, 0.2) is 18.3 Å². The number of pyridine rings is 1. The van der Waals surface area contributed by atoms with Gasteiger partial charge in [0.25, 0.3) is 0 Å². The molecule has 2 atom stereocenters. The van der Waals surface area contributed by atoms with Crippen LogP contribution in [0.3, 0.4) is 0 Å². The summed E-state index contributed by atoms with van der Waals surface area (Å²) < 4.78 is 5.91. The average molecular weight is 291 g/mol. The summed E-state index contributed by atoms with van der Waals surface area (Å²) in [7, 11) is 1.99. The summed E-state index contributed by atoms with van der Waals surface area (Å²) in [6.45, 7) is 7.31. The molecule has 1 N–H and O–H groups in total. The molecule has 21 heavy (non-hydrogen) atoms. The van der Waals surface area contributed by atoms with Crippen molar-refractivity contribution in [3.05, 3.63) is 24.0 Å². The Hall–Kier alpha value is -1.13.